The van der Waals surface area contributed by atoms with Gasteiger partial charge in [0.1, 0.15) is 5.69 Å². The number of anilines is 3. The molecule has 1 aromatic rings. The molecule has 1 aliphatic carbocycles. The van der Waals surface area contributed by atoms with E-state index in [-0.39, 0.29) is 42.0 Å². The number of nitrogens with one attached hydrogen (secondary N) is 2. The van der Waals surface area contributed by atoms with Crippen LogP contribution in [-0.2, 0) is 0 Å². The molecule has 0 bridgehead atoms. The monoisotopic (exact) mass is 255 g/mol. The van der Waals surface area contributed by atoms with Crippen LogP contribution in [0.4, 0.5) is 17.5 Å². The van der Waals surface area contributed by atoms with Gasteiger partial charge in [-0.05, 0) is 12.3 Å². The first-order valence-corrected chi connectivity index (χ1v) is 5.63. The van der Waals surface area contributed by atoms with E-state index in [2.05, 4.69) is 15.3 Å². The van der Waals surface area contributed by atoms with Crippen LogP contribution in [0.25, 0.3) is 0 Å². The first-order chi connectivity index (χ1) is 8.52. The van der Waals surface area contributed by atoms with Crippen molar-refractivity contribution in [2.24, 2.45) is 11.3 Å². The third-order valence-corrected chi connectivity index (χ3v) is 3.48. The fourth-order valence-electron chi connectivity index (χ4n) is 2.05. The third kappa shape index (κ3) is 2.12. The number of aromatic amines is 1. The zero-order valence-corrected chi connectivity index (χ0v) is 9.81. The Morgan fingerprint density at radius 2 is 2.22 bits per heavy atom. The highest BCUT2D eigenvalue weighted by molar-refractivity contribution is 5.61. The number of nitrogens with zero attached hydrogens (tertiary/aromatic N) is 1. The summed E-state index contributed by atoms with van der Waals surface area (Å²) in [6.07, 6.45) is 0.728. The predicted octanol–water partition coefficient (Wildman–Crippen LogP) is -1.66. The van der Waals surface area contributed by atoms with Crippen molar-refractivity contribution in [3.63, 3.8) is 0 Å². The van der Waals surface area contributed by atoms with Gasteiger partial charge < -0.3 is 27.0 Å². The van der Waals surface area contributed by atoms with E-state index in [0.29, 0.717) is 6.54 Å². The molecular formula is C10H17N5O3. The number of hydrogen-bond donors (Lipinski definition) is 6. The highest BCUT2D eigenvalue weighted by atomic mass is 16.3. The summed E-state index contributed by atoms with van der Waals surface area (Å²) in [5.74, 6) is 0.243. The Morgan fingerprint density at radius 3 is 2.78 bits per heavy atom. The zero-order valence-electron chi connectivity index (χ0n) is 9.81. The average molecular weight is 255 g/mol. The minimum Gasteiger partial charge on any atom is -0.396 e. The number of aliphatic hydroxyl groups is 2. The molecule has 8 nitrogen and oxygen atoms in total. The van der Waals surface area contributed by atoms with Gasteiger partial charge >= 0.3 is 0 Å². The summed E-state index contributed by atoms with van der Waals surface area (Å²) in [4.78, 5) is 17.5. The smallest absolute Gasteiger partial charge is 0.277 e. The fourth-order valence-corrected chi connectivity index (χ4v) is 2.05. The van der Waals surface area contributed by atoms with Gasteiger partial charge in [-0.3, -0.25) is 9.78 Å². The summed E-state index contributed by atoms with van der Waals surface area (Å²) in [7, 11) is 0. The van der Waals surface area contributed by atoms with E-state index in [4.69, 9.17) is 16.6 Å². The molecule has 1 aromatic heterocycles. The maximum atomic E-state index is 11.4. The summed E-state index contributed by atoms with van der Waals surface area (Å²) in [6, 6.07) is 0. The van der Waals surface area contributed by atoms with Gasteiger partial charge in [-0.2, -0.15) is 4.98 Å². The number of nitrogen functional groups attached to an aromatic ring is 2. The second-order valence-corrected chi connectivity index (χ2v) is 4.67. The molecule has 1 aliphatic rings. The van der Waals surface area contributed by atoms with E-state index < -0.39 is 5.56 Å². The number of hydrogen-bond acceptors (Lipinski definition) is 7. The minimum absolute atomic E-state index is 0.0238. The highest BCUT2D eigenvalue weighted by Gasteiger charge is 2.53. The van der Waals surface area contributed by atoms with Crippen LogP contribution in [0, 0.1) is 11.3 Å². The van der Waals surface area contributed by atoms with Gasteiger partial charge in [0.15, 0.2) is 5.82 Å². The van der Waals surface area contributed by atoms with Crippen LogP contribution in [0.5, 0.6) is 0 Å². The molecule has 1 saturated carbocycles. The van der Waals surface area contributed by atoms with Gasteiger partial charge in [-0.1, -0.05) is 0 Å². The molecule has 1 heterocycles. The number of aromatic nitrogens is 2. The van der Waals surface area contributed by atoms with Crippen molar-refractivity contribution < 1.29 is 10.2 Å². The molecule has 0 radical (unpaired) electrons. The van der Waals surface area contributed by atoms with Crippen molar-refractivity contribution in [3.05, 3.63) is 10.4 Å². The lowest BCUT2D eigenvalue weighted by molar-refractivity contribution is 0.180. The first-order valence-electron chi connectivity index (χ1n) is 5.63. The maximum absolute atomic E-state index is 11.4. The summed E-state index contributed by atoms with van der Waals surface area (Å²) in [5, 5.41) is 21.3. The molecule has 8 heteroatoms. The van der Waals surface area contributed by atoms with Gasteiger partial charge in [0.2, 0.25) is 5.95 Å². The molecule has 0 saturated heterocycles. The van der Waals surface area contributed by atoms with Gasteiger partial charge in [0, 0.05) is 18.6 Å². The highest BCUT2D eigenvalue weighted by Crippen LogP contribution is 2.51. The van der Waals surface area contributed by atoms with Crippen LogP contribution in [0.2, 0.25) is 0 Å². The van der Waals surface area contributed by atoms with Crippen molar-refractivity contribution >= 4 is 17.5 Å². The Morgan fingerprint density at radius 1 is 1.50 bits per heavy atom. The third-order valence-electron chi connectivity index (χ3n) is 3.48. The van der Waals surface area contributed by atoms with E-state index in [9.17, 15) is 9.90 Å². The molecule has 0 amide bonds. The topological polar surface area (TPSA) is 150 Å². The van der Waals surface area contributed by atoms with Crippen molar-refractivity contribution in [1.82, 2.24) is 9.97 Å². The second-order valence-electron chi connectivity index (χ2n) is 4.67. The number of rotatable bonds is 5. The molecule has 2 rings (SSSR count). The van der Waals surface area contributed by atoms with E-state index in [1.807, 2.05) is 0 Å². The number of H-pyrrole nitrogens is 1. The van der Waals surface area contributed by atoms with Gasteiger partial charge in [0.25, 0.3) is 5.56 Å². The van der Waals surface area contributed by atoms with E-state index in [1.165, 1.54) is 0 Å². The first kappa shape index (κ1) is 12.7. The Bertz CT molecular complexity index is 503. The molecule has 8 N–H and O–H groups in total. The number of aliphatic hydroxyl groups excluding tert-OH is 2. The van der Waals surface area contributed by atoms with Crippen LogP contribution in [-0.4, -0.2) is 39.9 Å². The minimum atomic E-state index is -0.502. The molecule has 2 atom stereocenters. The quantitative estimate of drug-likeness (QED) is 0.368. The molecule has 0 aromatic carbocycles. The lowest BCUT2D eigenvalue weighted by Gasteiger charge is -2.16. The standard InChI is InChI=1S/C10H17N5O3/c11-6-7(14-9(12)15-8(6)18)13-3-10(4-17)1-5(10)2-16/h5,16-17H,1-4,11H2,(H4,12,13,14,15,18)/t5-,10-/m0/s1. The molecular weight excluding hydrogens is 238 g/mol. The Balaban J connectivity index is 2.09. The Labute approximate surface area is 103 Å². The lowest BCUT2D eigenvalue weighted by atomic mass is 10.1. The van der Waals surface area contributed by atoms with Gasteiger partial charge in [-0.25, -0.2) is 0 Å². The SMILES string of the molecule is Nc1nc(NC[C@]2(CO)C[C@H]2CO)c(N)c(=O)[nH]1. The predicted molar refractivity (Wildman–Crippen MR) is 66.9 cm³/mol. The van der Waals surface area contributed by atoms with E-state index >= 15 is 0 Å². The molecule has 0 aliphatic heterocycles. The van der Waals surface area contributed by atoms with Crippen molar-refractivity contribution in [3.8, 4) is 0 Å². The van der Waals surface area contributed by atoms with Crippen molar-refractivity contribution in [2.75, 3.05) is 36.5 Å². The molecule has 18 heavy (non-hydrogen) atoms. The van der Waals surface area contributed by atoms with Gasteiger partial charge in [-0.15, -0.1) is 0 Å². The fraction of sp³-hybridized carbons (Fsp3) is 0.600. The summed E-state index contributed by atoms with van der Waals surface area (Å²) in [6.45, 7) is 0.376. The Hall–Kier alpha value is -1.80. The van der Waals surface area contributed by atoms with Gasteiger partial charge in [0.05, 0.1) is 6.61 Å². The largest absolute Gasteiger partial charge is 0.396 e. The van der Waals surface area contributed by atoms with Crippen LogP contribution < -0.4 is 22.3 Å². The van der Waals surface area contributed by atoms with E-state index in [0.717, 1.165) is 6.42 Å². The summed E-state index contributed by atoms with van der Waals surface area (Å²) >= 11 is 0. The molecule has 1 fully saturated rings. The molecule has 100 valence electrons. The second kappa shape index (κ2) is 4.46. The molecule has 0 spiro atoms. The van der Waals surface area contributed by atoms with Crippen LogP contribution in [0.1, 0.15) is 6.42 Å². The normalized spacial score (nSPS) is 26.0. The van der Waals surface area contributed by atoms with Crippen LogP contribution >= 0.6 is 0 Å². The maximum Gasteiger partial charge on any atom is 0.277 e. The van der Waals surface area contributed by atoms with Crippen molar-refractivity contribution in [1.29, 1.82) is 0 Å². The van der Waals surface area contributed by atoms with Crippen LogP contribution in [0.15, 0.2) is 4.79 Å². The average Bonchev–Trinajstić information content (AvgIpc) is 3.06. The van der Waals surface area contributed by atoms with Crippen LogP contribution in [0.3, 0.4) is 0 Å². The zero-order chi connectivity index (χ0) is 13.3. The number of nitrogens with two attached hydrogens (primary N) is 2. The summed E-state index contributed by atoms with van der Waals surface area (Å²) in [5.41, 5.74) is 10.1. The lowest BCUT2D eigenvalue weighted by Crippen LogP contribution is -2.25. The molecule has 0 unspecified atom stereocenters. The Kier molecular flexibility index (Phi) is 3.14. The summed E-state index contributed by atoms with van der Waals surface area (Å²) < 4.78 is 0. The van der Waals surface area contributed by atoms with Crippen molar-refractivity contribution in [2.45, 2.75) is 6.42 Å². The van der Waals surface area contributed by atoms with E-state index in [1.54, 1.807) is 0 Å².